The summed E-state index contributed by atoms with van der Waals surface area (Å²) < 4.78 is 5.51. The topological polar surface area (TPSA) is 49.8 Å². The lowest BCUT2D eigenvalue weighted by molar-refractivity contribution is -0.0227. The monoisotopic (exact) mass is 303 g/mol. The predicted molar refractivity (Wildman–Crippen MR) is 74.1 cm³/mol. The van der Waals surface area contributed by atoms with Gasteiger partial charge in [0.25, 0.3) is 5.91 Å². The van der Waals surface area contributed by atoms with Gasteiger partial charge >= 0.3 is 0 Å². The molecule has 0 bridgehead atoms. The zero-order valence-electron chi connectivity index (χ0n) is 10.5. The Bertz CT molecular complexity index is 493. The molecule has 1 amide bonds. The van der Waals surface area contributed by atoms with Gasteiger partial charge in [0.1, 0.15) is 10.8 Å². The molecule has 0 aromatic heterocycles. The lowest BCUT2D eigenvalue weighted by atomic mass is 10.1. The number of aromatic hydroxyl groups is 1. The second kappa shape index (κ2) is 5.99. The van der Waals surface area contributed by atoms with Gasteiger partial charge in [-0.1, -0.05) is 30.1 Å². The first-order chi connectivity index (χ1) is 9.04. The summed E-state index contributed by atoms with van der Waals surface area (Å²) in [6.07, 6.45) is 0.888. The fraction of sp³-hybridized carbons (Fsp3) is 0.462. The molecule has 1 atom stereocenters. The standard InChI is InChI=1S/C13H15Cl2NO3/c1-2-8-7-16(5-6-19-8)13(18)9-3-4-10(14)11(15)12(9)17/h3-4,8,17H,2,5-7H2,1H3. The second-order valence-electron chi connectivity index (χ2n) is 4.41. The van der Waals surface area contributed by atoms with Gasteiger partial charge in [0.2, 0.25) is 0 Å². The molecule has 1 N–H and O–H groups in total. The molecule has 1 aromatic rings. The molecule has 19 heavy (non-hydrogen) atoms. The van der Waals surface area contributed by atoms with Crippen molar-refractivity contribution in [2.24, 2.45) is 0 Å². The van der Waals surface area contributed by atoms with Gasteiger partial charge in [-0.05, 0) is 18.6 Å². The lowest BCUT2D eigenvalue weighted by Crippen LogP contribution is -2.45. The first-order valence-electron chi connectivity index (χ1n) is 6.12. The summed E-state index contributed by atoms with van der Waals surface area (Å²) in [6.45, 7) is 3.55. The lowest BCUT2D eigenvalue weighted by Gasteiger charge is -2.32. The van der Waals surface area contributed by atoms with Crippen LogP contribution in [0.4, 0.5) is 0 Å². The van der Waals surface area contributed by atoms with Crippen molar-refractivity contribution in [2.45, 2.75) is 19.4 Å². The second-order valence-corrected chi connectivity index (χ2v) is 5.19. The molecule has 1 unspecified atom stereocenters. The van der Waals surface area contributed by atoms with Crippen molar-refractivity contribution in [3.8, 4) is 5.75 Å². The van der Waals surface area contributed by atoms with Crippen molar-refractivity contribution in [1.82, 2.24) is 4.90 Å². The summed E-state index contributed by atoms with van der Waals surface area (Å²) >= 11 is 11.6. The minimum atomic E-state index is -0.265. The zero-order chi connectivity index (χ0) is 14.0. The largest absolute Gasteiger partial charge is 0.505 e. The number of halogens is 2. The van der Waals surface area contributed by atoms with Gasteiger partial charge in [-0.2, -0.15) is 0 Å². The van der Waals surface area contributed by atoms with Gasteiger partial charge < -0.3 is 14.7 Å². The fourth-order valence-electron chi connectivity index (χ4n) is 2.03. The Hall–Kier alpha value is -0.970. The van der Waals surface area contributed by atoms with Crippen molar-refractivity contribution in [3.63, 3.8) is 0 Å². The minimum Gasteiger partial charge on any atom is -0.505 e. The zero-order valence-corrected chi connectivity index (χ0v) is 12.0. The quantitative estimate of drug-likeness (QED) is 0.914. The van der Waals surface area contributed by atoms with Crippen LogP contribution in [-0.2, 0) is 4.74 Å². The average molecular weight is 304 g/mol. The van der Waals surface area contributed by atoms with Crippen molar-refractivity contribution in [3.05, 3.63) is 27.7 Å². The Kier molecular flexibility index (Phi) is 4.55. The fourth-order valence-corrected chi connectivity index (χ4v) is 2.35. The number of rotatable bonds is 2. The van der Waals surface area contributed by atoms with Gasteiger partial charge in [0.05, 0.1) is 23.3 Å². The van der Waals surface area contributed by atoms with E-state index in [1.165, 1.54) is 12.1 Å². The van der Waals surface area contributed by atoms with Crippen LogP contribution >= 0.6 is 23.2 Å². The van der Waals surface area contributed by atoms with E-state index < -0.39 is 0 Å². The molecule has 1 heterocycles. The van der Waals surface area contributed by atoms with E-state index >= 15 is 0 Å². The maximum Gasteiger partial charge on any atom is 0.257 e. The maximum absolute atomic E-state index is 12.4. The molecular formula is C13H15Cl2NO3. The normalized spacial score (nSPS) is 19.5. The molecule has 6 heteroatoms. The molecule has 104 valence electrons. The highest BCUT2D eigenvalue weighted by atomic mass is 35.5. The number of benzene rings is 1. The molecule has 1 saturated heterocycles. The summed E-state index contributed by atoms with van der Waals surface area (Å²) in [4.78, 5) is 14.0. The first kappa shape index (κ1) is 14.4. The van der Waals surface area contributed by atoms with Crippen LogP contribution in [0.25, 0.3) is 0 Å². The number of phenolic OH excluding ortho intramolecular Hbond substituents is 1. The molecule has 0 spiro atoms. The predicted octanol–water partition coefficient (Wildman–Crippen LogP) is 2.95. The van der Waals surface area contributed by atoms with Crippen molar-refractivity contribution < 1.29 is 14.6 Å². The van der Waals surface area contributed by atoms with E-state index in [1.807, 2.05) is 6.92 Å². The van der Waals surface area contributed by atoms with E-state index in [0.717, 1.165) is 6.42 Å². The van der Waals surface area contributed by atoms with Gasteiger partial charge in [-0.25, -0.2) is 0 Å². The van der Waals surface area contributed by atoms with E-state index in [9.17, 15) is 9.90 Å². The van der Waals surface area contributed by atoms with Crippen LogP contribution in [0.15, 0.2) is 12.1 Å². The molecule has 1 aromatic carbocycles. The van der Waals surface area contributed by atoms with Crippen LogP contribution in [0.1, 0.15) is 23.7 Å². The van der Waals surface area contributed by atoms with Crippen molar-refractivity contribution in [2.75, 3.05) is 19.7 Å². The van der Waals surface area contributed by atoms with Gasteiger partial charge in [-0.3, -0.25) is 4.79 Å². The third-order valence-corrected chi connectivity index (χ3v) is 3.98. The molecule has 0 aliphatic carbocycles. The molecular weight excluding hydrogens is 289 g/mol. The molecule has 1 aliphatic rings. The van der Waals surface area contributed by atoms with Crippen LogP contribution in [-0.4, -0.2) is 41.7 Å². The molecule has 0 radical (unpaired) electrons. The summed E-state index contributed by atoms with van der Waals surface area (Å²) in [6, 6.07) is 3.00. The number of carbonyl (C=O) groups is 1. The van der Waals surface area contributed by atoms with E-state index in [2.05, 4.69) is 0 Å². The number of amides is 1. The van der Waals surface area contributed by atoms with E-state index in [0.29, 0.717) is 19.7 Å². The van der Waals surface area contributed by atoms with Gasteiger partial charge in [-0.15, -0.1) is 0 Å². The van der Waals surface area contributed by atoms with Crippen LogP contribution in [0.2, 0.25) is 10.0 Å². The van der Waals surface area contributed by atoms with Crippen LogP contribution < -0.4 is 0 Å². The Labute approximate surface area is 121 Å². The summed E-state index contributed by atoms with van der Waals surface area (Å²) in [5, 5.41) is 10.1. The van der Waals surface area contributed by atoms with E-state index in [1.54, 1.807) is 4.90 Å². The highest BCUT2D eigenvalue weighted by Gasteiger charge is 2.26. The maximum atomic E-state index is 12.4. The van der Waals surface area contributed by atoms with Crippen LogP contribution in [0.5, 0.6) is 5.75 Å². The average Bonchev–Trinajstić information content (AvgIpc) is 2.44. The molecule has 0 saturated carbocycles. The van der Waals surface area contributed by atoms with Crippen LogP contribution in [0, 0.1) is 0 Å². The van der Waals surface area contributed by atoms with Crippen molar-refractivity contribution in [1.29, 1.82) is 0 Å². The van der Waals surface area contributed by atoms with E-state index in [-0.39, 0.29) is 33.4 Å². The molecule has 2 rings (SSSR count). The van der Waals surface area contributed by atoms with E-state index in [4.69, 9.17) is 27.9 Å². The highest BCUT2D eigenvalue weighted by molar-refractivity contribution is 6.43. The molecule has 1 fully saturated rings. The number of hydrogen-bond donors (Lipinski definition) is 1. The summed E-state index contributed by atoms with van der Waals surface area (Å²) in [5.74, 6) is -0.517. The first-order valence-corrected chi connectivity index (χ1v) is 6.88. The summed E-state index contributed by atoms with van der Waals surface area (Å²) in [5.41, 5.74) is 0.172. The Balaban J connectivity index is 2.22. The smallest absolute Gasteiger partial charge is 0.257 e. The number of phenols is 1. The highest BCUT2D eigenvalue weighted by Crippen LogP contribution is 2.34. The van der Waals surface area contributed by atoms with Gasteiger partial charge in [0, 0.05) is 13.1 Å². The number of morpholine rings is 1. The Morgan fingerprint density at radius 2 is 2.26 bits per heavy atom. The van der Waals surface area contributed by atoms with Crippen molar-refractivity contribution >= 4 is 29.1 Å². The third-order valence-electron chi connectivity index (χ3n) is 3.18. The number of ether oxygens (including phenoxy) is 1. The number of carbonyl (C=O) groups excluding carboxylic acids is 1. The SMILES string of the molecule is CCC1CN(C(=O)c2ccc(Cl)c(Cl)c2O)CCO1. The molecule has 4 nitrogen and oxygen atoms in total. The third kappa shape index (κ3) is 2.96. The number of nitrogens with zero attached hydrogens (tertiary/aromatic N) is 1. The summed E-state index contributed by atoms with van der Waals surface area (Å²) in [7, 11) is 0. The van der Waals surface area contributed by atoms with Gasteiger partial charge in [0.15, 0.2) is 0 Å². The Morgan fingerprint density at radius 1 is 1.53 bits per heavy atom. The minimum absolute atomic E-state index is 0.00724. The van der Waals surface area contributed by atoms with Crippen LogP contribution in [0.3, 0.4) is 0 Å². The number of hydrogen-bond acceptors (Lipinski definition) is 3. The molecule has 1 aliphatic heterocycles. The Morgan fingerprint density at radius 3 is 2.95 bits per heavy atom.